The Labute approximate surface area is 172 Å². The summed E-state index contributed by atoms with van der Waals surface area (Å²) in [6.07, 6.45) is 0. The molecule has 0 saturated carbocycles. The molecule has 0 radical (unpaired) electrons. The topological polar surface area (TPSA) is 84.5 Å². The Hall–Kier alpha value is -3.45. The molecule has 0 unspecified atom stereocenters. The van der Waals surface area contributed by atoms with Crippen LogP contribution < -0.4 is 10.6 Å². The van der Waals surface area contributed by atoms with Crippen molar-refractivity contribution in [2.45, 2.75) is 13.0 Å². The maximum atomic E-state index is 12.3. The Balaban J connectivity index is 1.52. The van der Waals surface area contributed by atoms with Crippen LogP contribution in [0.5, 0.6) is 0 Å². The SMILES string of the molecule is C[C@@H](NC(=O)COC(=O)c1cccc(NC(=O)c2cccs2)c1)c1ccccc1. The van der Waals surface area contributed by atoms with E-state index in [4.69, 9.17) is 4.74 Å². The zero-order valence-electron chi connectivity index (χ0n) is 15.8. The van der Waals surface area contributed by atoms with Gasteiger partial charge >= 0.3 is 5.97 Å². The number of carbonyl (C=O) groups excluding carboxylic acids is 3. The molecular formula is C22H20N2O4S. The first kappa shape index (κ1) is 20.3. The van der Waals surface area contributed by atoms with E-state index in [0.29, 0.717) is 10.6 Å². The van der Waals surface area contributed by atoms with Crippen LogP contribution in [0.4, 0.5) is 5.69 Å². The number of ether oxygens (including phenoxy) is 1. The minimum absolute atomic E-state index is 0.196. The fourth-order valence-electron chi connectivity index (χ4n) is 2.65. The standard InChI is InChI=1S/C22H20N2O4S/c1-15(16-7-3-2-4-8-16)23-20(25)14-28-22(27)17-9-5-10-18(13-17)24-21(26)19-11-6-12-29-19/h2-13,15H,14H2,1H3,(H,23,25)(H,24,26)/t15-/m1/s1. The van der Waals surface area contributed by atoms with E-state index in [2.05, 4.69) is 10.6 Å². The molecule has 0 fully saturated rings. The van der Waals surface area contributed by atoms with Crippen molar-refractivity contribution in [3.63, 3.8) is 0 Å². The first-order valence-electron chi connectivity index (χ1n) is 8.99. The van der Waals surface area contributed by atoms with Crippen molar-refractivity contribution in [3.8, 4) is 0 Å². The van der Waals surface area contributed by atoms with Gasteiger partial charge in [0.1, 0.15) is 0 Å². The Bertz CT molecular complexity index is 987. The summed E-state index contributed by atoms with van der Waals surface area (Å²) in [6, 6.07) is 19.2. The summed E-state index contributed by atoms with van der Waals surface area (Å²) in [4.78, 5) is 37.0. The highest BCUT2D eigenvalue weighted by atomic mass is 32.1. The number of carbonyl (C=O) groups is 3. The highest BCUT2D eigenvalue weighted by Gasteiger charge is 2.14. The quantitative estimate of drug-likeness (QED) is 0.578. The molecule has 3 aromatic rings. The zero-order chi connectivity index (χ0) is 20.6. The van der Waals surface area contributed by atoms with E-state index in [1.54, 1.807) is 30.3 Å². The zero-order valence-corrected chi connectivity index (χ0v) is 16.6. The van der Waals surface area contributed by atoms with E-state index in [9.17, 15) is 14.4 Å². The predicted molar refractivity (Wildman–Crippen MR) is 112 cm³/mol. The maximum absolute atomic E-state index is 12.3. The third kappa shape index (κ3) is 5.76. The van der Waals surface area contributed by atoms with Gasteiger partial charge in [-0.1, -0.05) is 42.5 Å². The van der Waals surface area contributed by atoms with Crippen molar-refractivity contribution in [1.29, 1.82) is 0 Å². The van der Waals surface area contributed by atoms with Crippen molar-refractivity contribution in [2.24, 2.45) is 0 Å². The van der Waals surface area contributed by atoms with Crippen LogP contribution in [0.25, 0.3) is 0 Å². The number of anilines is 1. The van der Waals surface area contributed by atoms with Crippen LogP contribution in [0.15, 0.2) is 72.1 Å². The number of benzene rings is 2. The molecule has 3 rings (SSSR count). The minimum atomic E-state index is -0.639. The fraction of sp³-hybridized carbons (Fsp3) is 0.136. The molecule has 2 amide bonds. The lowest BCUT2D eigenvalue weighted by molar-refractivity contribution is -0.124. The van der Waals surface area contributed by atoms with Gasteiger partial charge in [0.25, 0.3) is 11.8 Å². The summed E-state index contributed by atoms with van der Waals surface area (Å²) in [5.41, 5.74) is 1.68. The number of hydrogen-bond acceptors (Lipinski definition) is 5. The van der Waals surface area contributed by atoms with Gasteiger partial charge in [-0.2, -0.15) is 0 Å². The van der Waals surface area contributed by atoms with Gasteiger partial charge in [0.05, 0.1) is 16.5 Å². The fourth-order valence-corrected chi connectivity index (χ4v) is 3.27. The van der Waals surface area contributed by atoms with Crippen LogP contribution in [-0.2, 0) is 9.53 Å². The van der Waals surface area contributed by atoms with Gasteiger partial charge in [0, 0.05) is 5.69 Å². The summed E-state index contributed by atoms with van der Waals surface area (Å²) in [5, 5.41) is 7.33. The van der Waals surface area contributed by atoms with Crippen LogP contribution in [0.2, 0.25) is 0 Å². The lowest BCUT2D eigenvalue weighted by atomic mass is 10.1. The number of amides is 2. The van der Waals surface area contributed by atoms with Gasteiger partial charge in [-0.15, -0.1) is 11.3 Å². The van der Waals surface area contributed by atoms with Crippen LogP contribution >= 0.6 is 11.3 Å². The van der Waals surface area contributed by atoms with E-state index in [1.807, 2.05) is 42.6 Å². The first-order chi connectivity index (χ1) is 14.0. The van der Waals surface area contributed by atoms with Crippen LogP contribution in [0, 0.1) is 0 Å². The molecule has 29 heavy (non-hydrogen) atoms. The van der Waals surface area contributed by atoms with Crippen LogP contribution in [0.1, 0.15) is 38.6 Å². The second-order valence-corrected chi connectivity index (χ2v) is 7.24. The average molecular weight is 408 g/mol. The summed E-state index contributed by atoms with van der Waals surface area (Å²) < 4.78 is 5.10. The van der Waals surface area contributed by atoms with Gasteiger partial charge in [0.2, 0.25) is 0 Å². The first-order valence-corrected chi connectivity index (χ1v) is 9.87. The lowest BCUT2D eigenvalue weighted by Gasteiger charge is -2.14. The molecule has 1 atom stereocenters. The molecule has 148 valence electrons. The number of rotatable bonds is 7. The largest absolute Gasteiger partial charge is 0.452 e. The minimum Gasteiger partial charge on any atom is -0.452 e. The smallest absolute Gasteiger partial charge is 0.338 e. The third-order valence-electron chi connectivity index (χ3n) is 4.11. The Morgan fingerprint density at radius 3 is 2.52 bits per heavy atom. The molecule has 6 nitrogen and oxygen atoms in total. The Morgan fingerprint density at radius 1 is 1.00 bits per heavy atom. The summed E-state index contributed by atoms with van der Waals surface area (Å²) in [6.45, 7) is 1.47. The van der Waals surface area contributed by atoms with Gasteiger partial charge in [-0.25, -0.2) is 4.79 Å². The second kappa shape index (κ2) is 9.66. The Kier molecular flexibility index (Phi) is 6.76. The molecule has 2 N–H and O–H groups in total. The van der Waals surface area contributed by atoms with E-state index in [-0.39, 0.29) is 24.1 Å². The summed E-state index contributed by atoms with van der Waals surface area (Å²) in [7, 11) is 0. The molecule has 1 aromatic heterocycles. The van der Waals surface area contributed by atoms with E-state index in [0.717, 1.165) is 5.56 Å². The number of thiophene rings is 1. The van der Waals surface area contributed by atoms with E-state index >= 15 is 0 Å². The monoisotopic (exact) mass is 408 g/mol. The van der Waals surface area contributed by atoms with Crippen molar-refractivity contribution >= 4 is 34.8 Å². The average Bonchev–Trinajstić information content (AvgIpc) is 3.28. The molecule has 1 heterocycles. The number of esters is 1. The van der Waals surface area contributed by atoms with Crippen molar-refractivity contribution < 1.29 is 19.1 Å². The van der Waals surface area contributed by atoms with Crippen LogP contribution in [-0.4, -0.2) is 24.4 Å². The number of hydrogen-bond donors (Lipinski definition) is 2. The summed E-state index contributed by atoms with van der Waals surface area (Å²) in [5.74, 6) is -1.28. The number of nitrogens with one attached hydrogen (secondary N) is 2. The molecule has 0 aliphatic heterocycles. The van der Waals surface area contributed by atoms with E-state index < -0.39 is 11.9 Å². The van der Waals surface area contributed by atoms with Gasteiger partial charge < -0.3 is 15.4 Å². The molecule has 0 spiro atoms. The molecule has 0 aliphatic rings. The lowest BCUT2D eigenvalue weighted by Crippen LogP contribution is -2.31. The van der Waals surface area contributed by atoms with Crippen molar-refractivity contribution in [1.82, 2.24) is 5.32 Å². The van der Waals surface area contributed by atoms with E-state index in [1.165, 1.54) is 17.4 Å². The summed E-state index contributed by atoms with van der Waals surface area (Å²) >= 11 is 1.33. The molecule has 2 aromatic carbocycles. The molecule has 0 aliphatic carbocycles. The third-order valence-corrected chi connectivity index (χ3v) is 4.98. The molecule has 0 saturated heterocycles. The Morgan fingerprint density at radius 2 is 1.79 bits per heavy atom. The van der Waals surface area contributed by atoms with Gasteiger partial charge in [0.15, 0.2) is 6.61 Å². The maximum Gasteiger partial charge on any atom is 0.338 e. The highest BCUT2D eigenvalue weighted by molar-refractivity contribution is 7.12. The van der Waals surface area contributed by atoms with Crippen molar-refractivity contribution in [3.05, 3.63) is 88.1 Å². The van der Waals surface area contributed by atoms with Crippen LogP contribution in [0.3, 0.4) is 0 Å². The van der Waals surface area contributed by atoms with Gasteiger partial charge in [-0.3, -0.25) is 9.59 Å². The van der Waals surface area contributed by atoms with Gasteiger partial charge in [-0.05, 0) is 42.1 Å². The molecule has 7 heteroatoms. The molecule has 0 bridgehead atoms. The molecular weight excluding hydrogens is 388 g/mol. The normalized spacial score (nSPS) is 11.3. The predicted octanol–water partition coefficient (Wildman–Crippen LogP) is 4.03. The second-order valence-electron chi connectivity index (χ2n) is 6.29. The van der Waals surface area contributed by atoms with Crippen molar-refractivity contribution in [2.75, 3.05) is 11.9 Å². The highest BCUT2D eigenvalue weighted by Crippen LogP contribution is 2.16.